The highest BCUT2D eigenvalue weighted by molar-refractivity contribution is 7.89. The summed E-state index contributed by atoms with van der Waals surface area (Å²) in [7, 11) is -3.48. The summed E-state index contributed by atoms with van der Waals surface area (Å²) in [5, 5.41) is 0. The maximum absolute atomic E-state index is 13.2. The van der Waals surface area contributed by atoms with Crippen LogP contribution >= 0.6 is 0 Å². The van der Waals surface area contributed by atoms with Crippen molar-refractivity contribution in [2.45, 2.75) is 69.1 Å². The summed E-state index contributed by atoms with van der Waals surface area (Å²) in [6, 6.07) is 5.63. The highest BCUT2D eigenvalue weighted by Crippen LogP contribution is 2.29. The number of piperazine rings is 1. The van der Waals surface area contributed by atoms with Crippen molar-refractivity contribution < 1.29 is 13.2 Å². The molecule has 1 saturated carbocycles. The molecule has 4 aliphatic rings. The highest BCUT2D eigenvalue weighted by Gasteiger charge is 2.35. The number of benzene rings is 1. The SMILES string of the molecule is O=C(C1CCN(S(=O)(=O)c2ccc3c(c2)CCC3)CC1)N1CCN(CC2CCCCC2)CC1. The predicted molar refractivity (Wildman–Crippen MR) is 130 cm³/mol. The lowest BCUT2D eigenvalue weighted by Gasteiger charge is -2.39. The first-order chi connectivity index (χ1) is 16.0. The van der Waals surface area contributed by atoms with E-state index in [1.54, 1.807) is 10.4 Å². The van der Waals surface area contributed by atoms with E-state index in [2.05, 4.69) is 4.90 Å². The molecule has 1 amide bonds. The average molecular weight is 474 g/mol. The molecule has 0 radical (unpaired) electrons. The Morgan fingerprint density at radius 3 is 2.24 bits per heavy atom. The molecule has 1 aromatic rings. The second-order valence-electron chi connectivity index (χ2n) is 10.6. The molecule has 1 aromatic carbocycles. The molecule has 3 fully saturated rings. The van der Waals surface area contributed by atoms with Gasteiger partial charge in [-0.1, -0.05) is 25.3 Å². The lowest BCUT2D eigenvalue weighted by atomic mass is 9.89. The maximum Gasteiger partial charge on any atom is 0.243 e. The monoisotopic (exact) mass is 473 g/mol. The van der Waals surface area contributed by atoms with E-state index in [9.17, 15) is 13.2 Å². The number of hydrogen-bond acceptors (Lipinski definition) is 4. The van der Waals surface area contributed by atoms with Gasteiger partial charge in [-0.05, 0) is 74.1 Å². The number of carbonyl (C=O) groups is 1. The van der Waals surface area contributed by atoms with Crippen molar-refractivity contribution in [3.8, 4) is 0 Å². The normalized spacial score (nSPS) is 24.2. The zero-order chi connectivity index (χ0) is 22.8. The van der Waals surface area contributed by atoms with Crippen molar-refractivity contribution in [1.29, 1.82) is 0 Å². The average Bonchev–Trinajstić information content (AvgIpc) is 3.33. The summed E-state index contributed by atoms with van der Waals surface area (Å²) in [6.07, 6.45) is 11.3. The zero-order valence-corrected chi connectivity index (χ0v) is 20.7. The van der Waals surface area contributed by atoms with Crippen LogP contribution < -0.4 is 0 Å². The summed E-state index contributed by atoms with van der Waals surface area (Å²) in [5.74, 6) is 1.04. The largest absolute Gasteiger partial charge is 0.340 e. The number of carbonyl (C=O) groups excluding carboxylic acids is 1. The van der Waals surface area contributed by atoms with E-state index >= 15 is 0 Å². The Morgan fingerprint density at radius 1 is 0.818 bits per heavy atom. The molecule has 0 spiro atoms. The van der Waals surface area contributed by atoms with Gasteiger partial charge in [0.2, 0.25) is 15.9 Å². The Balaban J connectivity index is 1.11. The number of amides is 1. The summed E-state index contributed by atoms with van der Waals surface area (Å²) in [6.45, 7) is 5.68. The smallest absolute Gasteiger partial charge is 0.243 e. The van der Waals surface area contributed by atoms with Crippen molar-refractivity contribution in [3.05, 3.63) is 29.3 Å². The van der Waals surface area contributed by atoms with Crippen LogP contribution in [-0.4, -0.2) is 74.2 Å². The third-order valence-corrected chi connectivity index (χ3v) is 10.3. The lowest BCUT2D eigenvalue weighted by Crippen LogP contribution is -2.52. The molecule has 0 N–H and O–H groups in total. The minimum Gasteiger partial charge on any atom is -0.340 e. The number of aryl methyl sites for hydroxylation is 2. The van der Waals surface area contributed by atoms with Gasteiger partial charge in [-0.25, -0.2) is 8.42 Å². The van der Waals surface area contributed by atoms with Crippen LogP contribution in [0.15, 0.2) is 23.1 Å². The molecule has 7 heteroatoms. The van der Waals surface area contributed by atoms with E-state index in [-0.39, 0.29) is 11.8 Å². The van der Waals surface area contributed by atoms with Crippen molar-refractivity contribution in [1.82, 2.24) is 14.1 Å². The van der Waals surface area contributed by atoms with Crippen molar-refractivity contribution in [3.63, 3.8) is 0 Å². The Labute approximate surface area is 199 Å². The molecule has 5 rings (SSSR count). The molecule has 0 bridgehead atoms. The number of sulfonamides is 1. The van der Waals surface area contributed by atoms with Gasteiger partial charge in [-0.3, -0.25) is 9.69 Å². The van der Waals surface area contributed by atoms with Crippen molar-refractivity contribution in [2.75, 3.05) is 45.8 Å². The minimum absolute atomic E-state index is 0.0404. The third kappa shape index (κ3) is 5.15. The van der Waals surface area contributed by atoms with E-state index in [4.69, 9.17) is 0 Å². The summed E-state index contributed by atoms with van der Waals surface area (Å²) in [4.78, 5) is 18.1. The van der Waals surface area contributed by atoms with Crippen LogP contribution in [0.4, 0.5) is 0 Å². The molecule has 2 aliphatic heterocycles. The van der Waals surface area contributed by atoms with Gasteiger partial charge in [0.05, 0.1) is 4.90 Å². The van der Waals surface area contributed by atoms with Gasteiger partial charge in [0.25, 0.3) is 0 Å². The van der Waals surface area contributed by atoms with Crippen LogP contribution in [0.5, 0.6) is 0 Å². The number of hydrogen-bond donors (Lipinski definition) is 0. The predicted octanol–water partition coefficient (Wildman–Crippen LogP) is 3.30. The number of nitrogens with zero attached hydrogens (tertiary/aromatic N) is 3. The van der Waals surface area contributed by atoms with E-state index in [1.165, 1.54) is 49.8 Å². The minimum atomic E-state index is -3.48. The standard InChI is InChI=1S/C26H39N3O3S/c30-26(28-17-15-27(16-18-28)20-21-5-2-1-3-6-21)23-11-13-29(14-12-23)33(31,32)25-10-9-22-7-4-8-24(22)19-25/h9-10,19,21,23H,1-8,11-18,20H2. The van der Waals surface area contributed by atoms with Crippen LogP contribution in [0.1, 0.15) is 62.5 Å². The number of piperidine rings is 1. The first-order valence-corrected chi connectivity index (χ1v) is 14.6. The number of rotatable bonds is 5. The fraction of sp³-hybridized carbons (Fsp3) is 0.731. The van der Waals surface area contributed by atoms with Crippen LogP contribution in [0.25, 0.3) is 0 Å². The molecular weight excluding hydrogens is 434 g/mol. The Kier molecular flexibility index (Phi) is 7.09. The topological polar surface area (TPSA) is 60.9 Å². The second kappa shape index (κ2) is 10.0. The van der Waals surface area contributed by atoms with Crippen LogP contribution in [0, 0.1) is 11.8 Å². The van der Waals surface area contributed by atoms with E-state index in [0.29, 0.717) is 30.8 Å². The molecule has 2 saturated heterocycles. The van der Waals surface area contributed by atoms with Gasteiger partial charge < -0.3 is 4.90 Å². The van der Waals surface area contributed by atoms with Gasteiger partial charge in [0, 0.05) is 51.7 Å². The highest BCUT2D eigenvalue weighted by atomic mass is 32.2. The van der Waals surface area contributed by atoms with Crippen LogP contribution in [0.2, 0.25) is 0 Å². The van der Waals surface area contributed by atoms with Crippen molar-refractivity contribution in [2.24, 2.45) is 11.8 Å². The van der Waals surface area contributed by atoms with Gasteiger partial charge >= 0.3 is 0 Å². The van der Waals surface area contributed by atoms with Crippen molar-refractivity contribution >= 4 is 15.9 Å². The fourth-order valence-corrected chi connectivity index (χ4v) is 7.87. The molecule has 0 unspecified atom stereocenters. The second-order valence-corrected chi connectivity index (χ2v) is 12.5. The van der Waals surface area contributed by atoms with Gasteiger partial charge in [-0.2, -0.15) is 4.31 Å². The molecule has 6 nitrogen and oxygen atoms in total. The Morgan fingerprint density at radius 2 is 1.52 bits per heavy atom. The summed E-state index contributed by atoms with van der Waals surface area (Å²) < 4.78 is 28.0. The zero-order valence-electron chi connectivity index (χ0n) is 19.9. The Hall–Kier alpha value is -1.44. The van der Waals surface area contributed by atoms with E-state index in [1.807, 2.05) is 17.0 Å². The maximum atomic E-state index is 13.2. The van der Waals surface area contributed by atoms with Crippen LogP contribution in [-0.2, 0) is 27.7 Å². The molecule has 182 valence electrons. The van der Waals surface area contributed by atoms with Gasteiger partial charge in [0.15, 0.2) is 0 Å². The lowest BCUT2D eigenvalue weighted by molar-refractivity contribution is -0.138. The molecule has 2 aliphatic carbocycles. The van der Waals surface area contributed by atoms with Crippen LogP contribution in [0.3, 0.4) is 0 Å². The third-order valence-electron chi connectivity index (χ3n) is 8.44. The van der Waals surface area contributed by atoms with E-state index < -0.39 is 10.0 Å². The summed E-state index contributed by atoms with van der Waals surface area (Å²) >= 11 is 0. The van der Waals surface area contributed by atoms with E-state index in [0.717, 1.165) is 51.4 Å². The molecule has 0 atom stereocenters. The van der Waals surface area contributed by atoms with Gasteiger partial charge in [-0.15, -0.1) is 0 Å². The molecule has 33 heavy (non-hydrogen) atoms. The molecule has 2 heterocycles. The van der Waals surface area contributed by atoms with Gasteiger partial charge in [0.1, 0.15) is 0 Å². The summed E-state index contributed by atoms with van der Waals surface area (Å²) in [5.41, 5.74) is 2.47. The number of fused-ring (bicyclic) bond motifs is 1. The first kappa shape index (κ1) is 23.3. The quantitative estimate of drug-likeness (QED) is 0.658. The molecular formula is C26H39N3O3S. The first-order valence-electron chi connectivity index (χ1n) is 13.1. The Bertz CT molecular complexity index is 942. The molecule has 0 aromatic heterocycles. The fourth-order valence-electron chi connectivity index (χ4n) is 6.34.